The van der Waals surface area contributed by atoms with Crippen molar-refractivity contribution in [3.63, 3.8) is 0 Å². The minimum atomic E-state index is -0.545. The molecule has 0 bridgehead atoms. The number of H-pyrrole nitrogens is 1. The van der Waals surface area contributed by atoms with Crippen LogP contribution in [0.3, 0.4) is 0 Å². The number of allylic oxidation sites excluding steroid dienone is 2. The molecule has 0 saturated carbocycles. The lowest BCUT2D eigenvalue weighted by Crippen LogP contribution is -2.36. The van der Waals surface area contributed by atoms with E-state index < -0.39 is 11.9 Å². The van der Waals surface area contributed by atoms with Crippen LogP contribution in [0.25, 0.3) is 0 Å². The van der Waals surface area contributed by atoms with E-state index >= 15 is 0 Å². The lowest BCUT2D eigenvalue weighted by molar-refractivity contribution is -0.139. The number of carbonyl (C=O) groups excluding carboxylic acids is 3. The van der Waals surface area contributed by atoms with E-state index in [0.717, 1.165) is 12.1 Å². The third-order valence-corrected chi connectivity index (χ3v) is 4.74. The quantitative estimate of drug-likeness (QED) is 0.640. The number of nitrogens with one attached hydrogen (secondary N) is 2. The Bertz CT molecular complexity index is 825. The summed E-state index contributed by atoms with van der Waals surface area (Å²) in [5, 5.41) is 2.45. The number of hydrogen-bond donors (Lipinski definition) is 3. The number of imidazole rings is 1. The largest absolute Gasteiger partial charge is 0.468 e. The van der Waals surface area contributed by atoms with Crippen LogP contribution in [-0.2, 0) is 14.3 Å². The third kappa shape index (κ3) is 3.77. The fraction of sp³-hybridized carbons (Fsp3) is 0.444. The van der Waals surface area contributed by atoms with Gasteiger partial charge in [-0.05, 0) is 30.4 Å². The number of carbonyl (C=O) groups is 3. The second kappa shape index (κ2) is 7.75. The van der Waals surface area contributed by atoms with Gasteiger partial charge in [-0.15, -0.1) is 0 Å². The lowest BCUT2D eigenvalue weighted by Gasteiger charge is -2.25. The van der Waals surface area contributed by atoms with Crippen LogP contribution in [0, 0.1) is 5.92 Å². The van der Waals surface area contributed by atoms with E-state index in [1.165, 1.54) is 18.9 Å². The summed E-state index contributed by atoms with van der Waals surface area (Å²) >= 11 is 0. The zero-order valence-electron chi connectivity index (χ0n) is 15.3. The molecule has 1 aliphatic heterocycles. The first-order valence-electron chi connectivity index (χ1n) is 8.76. The summed E-state index contributed by atoms with van der Waals surface area (Å²) in [6.07, 6.45) is 6.95. The van der Waals surface area contributed by atoms with Gasteiger partial charge in [-0.1, -0.05) is 13.0 Å². The molecule has 0 saturated heterocycles. The summed E-state index contributed by atoms with van der Waals surface area (Å²) in [7, 11) is 1.25. The predicted molar refractivity (Wildman–Crippen MR) is 96.1 cm³/mol. The Morgan fingerprint density at radius 2 is 2.19 bits per heavy atom. The first-order valence-corrected chi connectivity index (χ1v) is 8.76. The van der Waals surface area contributed by atoms with Crippen LogP contribution in [-0.4, -0.2) is 52.9 Å². The predicted octanol–water partition coefficient (Wildman–Crippen LogP) is 0.395. The minimum absolute atomic E-state index is 0.107. The maximum atomic E-state index is 12.4. The van der Waals surface area contributed by atoms with Gasteiger partial charge in [-0.25, -0.2) is 4.98 Å². The van der Waals surface area contributed by atoms with Crippen LogP contribution in [0.5, 0.6) is 0 Å². The molecular formula is C18H23N5O4. The van der Waals surface area contributed by atoms with Gasteiger partial charge in [0.05, 0.1) is 25.9 Å². The Hall–Kier alpha value is -2.94. The number of nitrogens with two attached hydrogens (primary N) is 1. The molecule has 1 aliphatic carbocycles. The van der Waals surface area contributed by atoms with Gasteiger partial charge in [0.15, 0.2) is 0 Å². The Balaban J connectivity index is 1.79. The maximum absolute atomic E-state index is 12.4. The van der Waals surface area contributed by atoms with Crippen LogP contribution < -0.4 is 11.1 Å². The van der Waals surface area contributed by atoms with Crippen molar-refractivity contribution in [3.8, 4) is 0 Å². The Morgan fingerprint density at radius 3 is 2.89 bits per heavy atom. The highest BCUT2D eigenvalue weighted by Gasteiger charge is 2.38. The SMILES string of the molecule is COC(=O)CNC(=O)c1cnc(C2CC3=C(C=CC(C)C3)N2C(=O)CN)[nH]1. The molecule has 2 heterocycles. The van der Waals surface area contributed by atoms with Gasteiger partial charge < -0.3 is 25.7 Å². The summed E-state index contributed by atoms with van der Waals surface area (Å²) in [6, 6.07) is -0.330. The van der Waals surface area contributed by atoms with Crippen molar-refractivity contribution in [2.45, 2.75) is 25.8 Å². The normalized spacial score (nSPS) is 21.2. The van der Waals surface area contributed by atoms with Crippen LogP contribution in [0.15, 0.2) is 29.6 Å². The van der Waals surface area contributed by atoms with Crippen LogP contribution in [0.4, 0.5) is 0 Å². The lowest BCUT2D eigenvalue weighted by atomic mass is 9.93. The summed E-state index contributed by atoms with van der Waals surface area (Å²) in [5.74, 6) is -0.294. The van der Waals surface area contributed by atoms with Crippen molar-refractivity contribution in [3.05, 3.63) is 41.1 Å². The van der Waals surface area contributed by atoms with Crippen molar-refractivity contribution in [2.75, 3.05) is 20.2 Å². The zero-order valence-corrected chi connectivity index (χ0v) is 15.3. The average molecular weight is 373 g/mol. The van der Waals surface area contributed by atoms with Crippen molar-refractivity contribution < 1.29 is 19.1 Å². The highest BCUT2D eigenvalue weighted by molar-refractivity contribution is 5.94. The number of esters is 1. The summed E-state index contributed by atoms with van der Waals surface area (Å²) in [5.41, 5.74) is 7.87. The van der Waals surface area contributed by atoms with Crippen molar-refractivity contribution >= 4 is 17.8 Å². The third-order valence-electron chi connectivity index (χ3n) is 4.74. The number of methoxy groups -OCH3 is 1. The molecule has 0 aromatic carbocycles. The maximum Gasteiger partial charge on any atom is 0.325 e. The molecule has 4 N–H and O–H groups in total. The standard InChI is InChI=1S/C18H23N5O4/c1-10-3-4-13-11(5-10)6-14(23(13)15(24)7-19)17-20-8-12(22-17)18(26)21-9-16(25)27-2/h3-4,8,10,14H,5-7,9,19H2,1-2H3,(H,20,22)(H,21,26). The van der Waals surface area contributed by atoms with E-state index in [0.29, 0.717) is 18.2 Å². The fourth-order valence-electron chi connectivity index (χ4n) is 3.43. The molecule has 0 fully saturated rings. The van der Waals surface area contributed by atoms with Gasteiger partial charge in [0.1, 0.15) is 18.1 Å². The Kier molecular flexibility index (Phi) is 5.41. The van der Waals surface area contributed by atoms with Crippen molar-refractivity contribution in [2.24, 2.45) is 11.7 Å². The second-order valence-corrected chi connectivity index (χ2v) is 6.66. The van der Waals surface area contributed by atoms with Gasteiger partial charge in [0, 0.05) is 5.70 Å². The molecule has 1 aromatic rings. The molecule has 27 heavy (non-hydrogen) atoms. The van der Waals surface area contributed by atoms with E-state index in [9.17, 15) is 14.4 Å². The number of aromatic nitrogens is 2. The van der Waals surface area contributed by atoms with Crippen molar-refractivity contribution in [1.82, 2.24) is 20.2 Å². The van der Waals surface area contributed by atoms with Gasteiger partial charge >= 0.3 is 5.97 Å². The monoisotopic (exact) mass is 373 g/mol. The molecule has 2 aliphatic rings. The molecule has 3 rings (SSSR count). The highest BCUT2D eigenvalue weighted by atomic mass is 16.5. The highest BCUT2D eigenvalue weighted by Crippen LogP contribution is 2.43. The van der Waals surface area contributed by atoms with Gasteiger partial charge in [-0.2, -0.15) is 0 Å². The summed E-state index contributed by atoms with van der Waals surface area (Å²) in [4.78, 5) is 44.7. The molecule has 0 spiro atoms. The van der Waals surface area contributed by atoms with E-state index in [2.05, 4.69) is 33.0 Å². The molecule has 2 atom stereocenters. The number of ether oxygens (including phenoxy) is 1. The Morgan fingerprint density at radius 1 is 1.41 bits per heavy atom. The van der Waals surface area contributed by atoms with E-state index in [1.54, 1.807) is 4.90 Å². The second-order valence-electron chi connectivity index (χ2n) is 6.66. The number of aromatic amines is 1. The van der Waals surface area contributed by atoms with E-state index in [4.69, 9.17) is 5.73 Å². The van der Waals surface area contributed by atoms with Crippen LogP contribution >= 0.6 is 0 Å². The smallest absolute Gasteiger partial charge is 0.325 e. The molecule has 9 nitrogen and oxygen atoms in total. The first-order chi connectivity index (χ1) is 12.9. The number of rotatable bonds is 5. The van der Waals surface area contributed by atoms with E-state index in [1.807, 2.05) is 6.08 Å². The summed E-state index contributed by atoms with van der Waals surface area (Å²) < 4.78 is 4.49. The molecule has 9 heteroatoms. The van der Waals surface area contributed by atoms with E-state index in [-0.39, 0.29) is 30.7 Å². The molecule has 2 amide bonds. The molecule has 0 radical (unpaired) electrons. The number of hydrogen-bond acceptors (Lipinski definition) is 6. The summed E-state index contributed by atoms with van der Waals surface area (Å²) in [6.45, 7) is 1.78. The van der Waals surface area contributed by atoms with Crippen LogP contribution in [0.2, 0.25) is 0 Å². The van der Waals surface area contributed by atoms with Gasteiger partial charge in [0.25, 0.3) is 5.91 Å². The number of amides is 2. The zero-order chi connectivity index (χ0) is 19.6. The topological polar surface area (TPSA) is 130 Å². The van der Waals surface area contributed by atoms with Gasteiger partial charge in [0.2, 0.25) is 5.91 Å². The molecule has 1 aromatic heterocycles. The molecule has 144 valence electrons. The molecule has 2 unspecified atom stereocenters. The average Bonchev–Trinajstić information content (AvgIpc) is 3.29. The van der Waals surface area contributed by atoms with Crippen LogP contribution in [0.1, 0.15) is 42.1 Å². The van der Waals surface area contributed by atoms with Gasteiger partial charge in [-0.3, -0.25) is 14.4 Å². The molecular weight excluding hydrogens is 350 g/mol. The minimum Gasteiger partial charge on any atom is -0.468 e. The first kappa shape index (κ1) is 18.8. The number of nitrogens with zero attached hydrogens (tertiary/aromatic N) is 2. The Labute approximate surface area is 156 Å². The fourth-order valence-corrected chi connectivity index (χ4v) is 3.43. The van der Waals surface area contributed by atoms with Crippen molar-refractivity contribution in [1.29, 1.82) is 0 Å².